The van der Waals surface area contributed by atoms with Gasteiger partial charge in [0.05, 0.1) is 12.8 Å². The van der Waals surface area contributed by atoms with Gasteiger partial charge in [-0.15, -0.1) is 0 Å². The number of nitrogens with one attached hydrogen (secondary N) is 1. The van der Waals surface area contributed by atoms with E-state index in [1.54, 1.807) is 25.3 Å². The van der Waals surface area contributed by atoms with E-state index in [0.717, 1.165) is 6.42 Å². The Morgan fingerprint density at radius 3 is 2.82 bits per heavy atom. The molecule has 0 aromatic heterocycles. The number of hydrogen-bond acceptors (Lipinski definition) is 4. The highest BCUT2D eigenvalue weighted by atomic mass is 16.5. The number of anilines is 1. The molecule has 1 aromatic carbocycles. The predicted octanol–water partition coefficient (Wildman–Crippen LogP) is 1.18. The van der Waals surface area contributed by atoms with Crippen molar-refractivity contribution in [2.75, 3.05) is 26.0 Å². The summed E-state index contributed by atoms with van der Waals surface area (Å²) in [6.45, 7) is 2.64. The van der Waals surface area contributed by atoms with Crippen LogP contribution in [0.1, 0.15) is 13.3 Å². The number of ether oxygens (including phenoxy) is 2. The van der Waals surface area contributed by atoms with Gasteiger partial charge >= 0.3 is 0 Å². The molecular formula is C12H18N2O3. The summed E-state index contributed by atoms with van der Waals surface area (Å²) >= 11 is 0. The van der Waals surface area contributed by atoms with Crippen molar-refractivity contribution in [3.8, 4) is 11.5 Å². The van der Waals surface area contributed by atoms with Crippen LogP contribution in [0.2, 0.25) is 0 Å². The minimum Gasteiger partial charge on any atom is -0.495 e. The molecule has 5 heteroatoms. The molecule has 0 aliphatic heterocycles. The lowest BCUT2D eigenvalue weighted by Crippen LogP contribution is -2.29. The van der Waals surface area contributed by atoms with Gasteiger partial charge in [0, 0.05) is 12.6 Å². The fourth-order valence-corrected chi connectivity index (χ4v) is 1.27. The van der Waals surface area contributed by atoms with E-state index in [4.69, 9.17) is 15.2 Å². The van der Waals surface area contributed by atoms with E-state index in [1.165, 1.54) is 0 Å². The van der Waals surface area contributed by atoms with Crippen LogP contribution in [0.5, 0.6) is 11.5 Å². The van der Waals surface area contributed by atoms with Crippen molar-refractivity contribution < 1.29 is 14.3 Å². The Hall–Kier alpha value is -1.91. The van der Waals surface area contributed by atoms with Crippen LogP contribution in [-0.2, 0) is 4.79 Å². The van der Waals surface area contributed by atoms with Crippen molar-refractivity contribution in [1.29, 1.82) is 0 Å². The fourth-order valence-electron chi connectivity index (χ4n) is 1.27. The molecule has 0 aliphatic carbocycles. The molecule has 1 aromatic rings. The summed E-state index contributed by atoms with van der Waals surface area (Å²) < 4.78 is 10.3. The number of benzene rings is 1. The highest BCUT2D eigenvalue weighted by molar-refractivity contribution is 5.77. The molecule has 0 saturated heterocycles. The topological polar surface area (TPSA) is 73.6 Å². The van der Waals surface area contributed by atoms with Crippen molar-refractivity contribution in [3.63, 3.8) is 0 Å². The second-order valence-electron chi connectivity index (χ2n) is 3.54. The fraction of sp³-hybridized carbons (Fsp3) is 0.417. The van der Waals surface area contributed by atoms with E-state index in [1.807, 2.05) is 6.92 Å². The first-order chi connectivity index (χ1) is 8.17. The van der Waals surface area contributed by atoms with Crippen molar-refractivity contribution in [2.24, 2.45) is 0 Å². The van der Waals surface area contributed by atoms with Gasteiger partial charge in [0.2, 0.25) is 0 Å². The van der Waals surface area contributed by atoms with Crippen LogP contribution < -0.4 is 20.5 Å². The van der Waals surface area contributed by atoms with Gasteiger partial charge in [0.1, 0.15) is 11.5 Å². The lowest BCUT2D eigenvalue weighted by Gasteiger charge is -2.09. The summed E-state index contributed by atoms with van der Waals surface area (Å²) in [5, 5.41) is 2.72. The molecule has 1 rings (SSSR count). The summed E-state index contributed by atoms with van der Waals surface area (Å²) in [5.74, 6) is 1.00. The molecule has 3 N–H and O–H groups in total. The maximum atomic E-state index is 11.3. The summed E-state index contributed by atoms with van der Waals surface area (Å²) in [7, 11) is 1.55. The van der Waals surface area contributed by atoms with Gasteiger partial charge in [-0.1, -0.05) is 6.92 Å². The molecule has 0 unspecified atom stereocenters. The lowest BCUT2D eigenvalue weighted by molar-refractivity contribution is -0.123. The molecule has 0 heterocycles. The first-order valence-corrected chi connectivity index (χ1v) is 5.50. The normalized spacial score (nSPS) is 9.76. The number of amides is 1. The first kappa shape index (κ1) is 13.2. The average molecular weight is 238 g/mol. The highest BCUT2D eigenvalue weighted by Gasteiger charge is 2.04. The average Bonchev–Trinajstić information content (AvgIpc) is 2.34. The molecule has 94 valence electrons. The molecule has 0 spiro atoms. The van der Waals surface area contributed by atoms with Gasteiger partial charge in [0.25, 0.3) is 5.91 Å². The smallest absolute Gasteiger partial charge is 0.257 e. The number of methoxy groups -OCH3 is 1. The van der Waals surface area contributed by atoms with Crippen LogP contribution in [0.15, 0.2) is 18.2 Å². The van der Waals surface area contributed by atoms with E-state index in [-0.39, 0.29) is 12.5 Å². The third kappa shape index (κ3) is 4.22. The Kier molecular flexibility index (Phi) is 5.13. The third-order valence-electron chi connectivity index (χ3n) is 2.14. The number of nitrogen functional groups attached to an aromatic ring is 1. The molecule has 5 nitrogen and oxygen atoms in total. The van der Waals surface area contributed by atoms with Gasteiger partial charge in [-0.25, -0.2) is 0 Å². The van der Waals surface area contributed by atoms with E-state index in [9.17, 15) is 4.79 Å². The largest absolute Gasteiger partial charge is 0.495 e. The number of rotatable bonds is 6. The van der Waals surface area contributed by atoms with Crippen LogP contribution in [-0.4, -0.2) is 26.2 Å². The molecule has 1 amide bonds. The van der Waals surface area contributed by atoms with E-state index in [2.05, 4.69) is 5.32 Å². The second-order valence-corrected chi connectivity index (χ2v) is 3.54. The van der Waals surface area contributed by atoms with E-state index < -0.39 is 0 Å². The molecular weight excluding hydrogens is 220 g/mol. The Morgan fingerprint density at radius 1 is 1.47 bits per heavy atom. The molecule has 0 atom stereocenters. The second kappa shape index (κ2) is 6.62. The van der Waals surface area contributed by atoms with E-state index >= 15 is 0 Å². The molecule has 0 radical (unpaired) electrons. The minimum atomic E-state index is -0.138. The lowest BCUT2D eigenvalue weighted by atomic mass is 10.3. The Morgan fingerprint density at radius 2 is 2.24 bits per heavy atom. The summed E-state index contributed by atoms with van der Waals surface area (Å²) in [6, 6.07) is 5.04. The molecule has 0 aliphatic rings. The highest BCUT2D eigenvalue weighted by Crippen LogP contribution is 2.25. The maximum absolute atomic E-state index is 11.3. The zero-order valence-electron chi connectivity index (χ0n) is 10.2. The van der Waals surface area contributed by atoms with Gasteiger partial charge in [-0.05, 0) is 18.6 Å². The first-order valence-electron chi connectivity index (χ1n) is 5.50. The van der Waals surface area contributed by atoms with Gasteiger partial charge in [-0.2, -0.15) is 0 Å². The molecule has 0 saturated carbocycles. The SMILES string of the molecule is CCCNC(=O)COc1ccc(OC)c(N)c1. The number of nitrogens with two attached hydrogens (primary N) is 1. The van der Waals surface area contributed by atoms with Crippen LogP contribution in [0, 0.1) is 0 Å². The van der Waals surface area contributed by atoms with Crippen LogP contribution in [0.25, 0.3) is 0 Å². The maximum Gasteiger partial charge on any atom is 0.257 e. The molecule has 0 fully saturated rings. The predicted molar refractivity (Wildman–Crippen MR) is 66.2 cm³/mol. The zero-order chi connectivity index (χ0) is 12.7. The summed E-state index contributed by atoms with van der Waals surface area (Å²) in [6.07, 6.45) is 0.904. The van der Waals surface area contributed by atoms with Gasteiger partial charge in [-0.3, -0.25) is 4.79 Å². The van der Waals surface area contributed by atoms with Gasteiger partial charge < -0.3 is 20.5 Å². The quantitative estimate of drug-likeness (QED) is 0.730. The molecule has 0 bridgehead atoms. The number of hydrogen-bond donors (Lipinski definition) is 2. The minimum absolute atomic E-state index is 0.00817. The Labute approximate surface area is 101 Å². The van der Waals surface area contributed by atoms with Crippen LogP contribution >= 0.6 is 0 Å². The summed E-state index contributed by atoms with van der Waals surface area (Å²) in [5.41, 5.74) is 6.20. The van der Waals surface area contributed by atoms with Crippen molar-refractivity contribution in [1.82, 2.24) is 5.32 Å². The third-order valence-corrected chi connectivity index (χ3v) is 2.14. The van der Waals surface area contributed by atoms with Gasteiger partial charge in [0.15, 0.2) is 6.61 Å². The van der Waals surface area contributed by atoms with Crippen molar-refractivity contribution >= 4 is 11.6 Å². The number of carbonyl (C=O) groups excluding carboxylic acids is 1. The number of carbonyl (C=O) groups is 1. The Bertz CT molecular complexity index is 380. The zero-order valence-corrected chi connectivity index (χ0v) is 10.2. The monoisotopic (exact) mass is 238 g/mol. The van der Waals surface area contributed by atoms with Crippen LogP contribution in [0.4, 0.5) is 5.69 Å². The summed E-state index contributed by atoms with van der Waals surface area (Å²) in [4.78, 5) is 11.3. The standard InChI is InChI=1S/C12H18N2O3/c1-3-6-14-12(15)8-17-9-4-5-11(16-2)10(13)7-9/h4-5,7H,3,6,8,13H2,1-2H3,(H,14,15). The van der Waals surface area contributed by atoms with Crippen molar-refractivity contribution in [2.45, 2.75) is 13.3 Å². The van der Waals surface area contributed by atoms with Crippen LogP contribution in [0.3, 0.4) is 0 Å². The molecule has 17 heavy (non-hydrogen) atoms. The van der Waals surface area contributed by atoms with Crippen molar-refractivity contribution in [3.05, 3.63) is 18.2 Å². The Balaban J connectivity index is 2.47. The van der Waals surface area contributed by atoms with E-state index in [0.29, 0.717) is 23.7 Å².